The topological polar surface area (TPSA) is 118 Å². The molecule has 1 fully saturated rings. The number of piperidine rings is 1. The quantitative estimate of drug-likeness (QED) is 0.601. The van der Waals surface area contributed by atoms with Gasteiger partial charge in [-0.3, -0.25) is 4.79 Å². The van der Waals surface area contributed by atoms with E-state index in [0.29, 0.717) is 23.0 Å². The molecular weight excluding hydrogens is 418 g/mol. The number of hydrogen-bond donors (Lipinski definition) is 2. The van der Waals surface area contributed by atoms with Crippen LogP contribution in [-0.4, -0.2) is 51.1 Å². The molecule has 1 aromatic carbocycles. The number of hydrogen-bond acceptors (Lipinski definition) is 8. The Labute approximate surface area is 182 Å². The molecule has 1 amide bonds. The molecule has 3 aromatic rings. The van der Waals surface area contributed by atoms with Crippen LogP contribution < -0.4 is 15.0 Å². The number of nitrogens with one attached hydrogen (secondary N) is 1. The van der Waals surface area contributed by atoms with Crippen molar-refractivity contribution < 1.29 is 19.4 Å². The lowest BCUT2D eigenvalue weighted by Crippen LogP contribution is -2.38. The number of nitrogens with zero attached hydrogens (tertiary/aromatic N) is 4. The number of amides is 1. The molecule has 160 valence electrons. The van der Waals surface area contributed by atoms with Gasteiger partial charge in [-0.1, -0.05) is 0 Å². The van der Waals surface area contributed by atoms with Crippen molar-refractivity contribution >= 4 is 34.0 Å². The number of benzene rings is 1. The zero-order valence-corrected chi connectivity index (χ0v) is 17.6. The van der Waals surface area contributed by atoms with E-state index in [0.717, 1.165) is 31.1 Å². The van der Waals surface area contributed by atoms with Crippen LogP contribution in [0.4, 0.5) is 10.8 Å². The van der Waals surface area contributed by atoms with Gasteiger partial charge in [-0.2, -0.15) is 0 Å². The number of aromatic carboxylic acids is 1. The number of anilines is 2. The molecule has 0 saturated carbocycles. The lowest BCUT2D eigenvalue weighted by Gasteiger charge is -2.31. The number of thiazole rings is 1. The second-order valence-electron chi connectivity index (χ2n) is 7.14. The van der Waals surface area contributed by atoms with E-state index in [1.807, 2.05) is 0 Å². The molecule has 1 saturated heterocycles. The van der Waals surface area contributed by atoms with Crippen LogP contribution in [0.1, 0.15) is 39.3 Å². The average Bonchev–Trinajstić information content (AvgIpc) is 3.27. The third-order valence-corrected chi connectivity index (χ3v) is 5.87. The Morgan fingerprint density at radius 1 is 1.23 bits per heavy atom. The summed E-state index contributed by atoms with van der Waals surface area (Å²) in [6.07, 6.45) is 4.99. The highest BCUT2D eigenvalue weighted by Gasteiger charge is 2.24. The molecule has 0 radical (unpaired) electrons. The monoisotopic (exact) mass is 439 g/mol. The van der Waals surface area contributed by atoms with Gasteiger partial charge in [-0.05, 0) is 36.8 Å². The highest BCUT2D eigenvalue weighted by molar-refractivity contribution is 7.14. The highest BCUT2D eigenvalue weighted by Crippen LogP contribution is 2.26. The molecule has 9 nitrogen and oxygen atoms in total. The van der Waals surface area contributed by atoms with Gasteiger partial charge in [0, 0.05) is 49.4 Å². The van der Waals surface area contributed by atoms with Crippen molar-refractivity contribution in [1.29, 1.82) is 0 Å². The summed E-state index contributed by atoms with van der Waals surface area (Å²) in [5.41, 5.74) is 1.74. The van der Waals surface area contributed by atoms with Crippen LogP contribution >= 0.6 is 11.3 Å². The summed E-state index contributed by atoms with van der Waals surface area (Å²) >= 11 is 1.42. The molecule has 0 bridgehead atoms. The Balaban J connectivity index is 1.34. The third-order valence-electron chi connectivity index (χ3n) is 4.97. The second-order valence-corrected chi connectivity index (χ2v) is 7.98. The summed E-state index contributed by atoms with van der Waals surface area (Å²) in [5.74, 6) is -1.33. The summed E-state index contributed by atoms with van der Waals surface area (Å²) < 4.78 is 5.82. The van der Waals surface area contributed by atoms with Crippen molar-refractivity contribution in [2.24, 2.45) is 0 Å². The zero-order chi connectivity index (χ0) is 21.8. The molecular formula is C21H21N5O4S. The standard InChI is InChI=1S/C21H21N5O4S/c1-13-11-14(19(28)29)3-4-16(13)24-18(27)17-12-31-21(25-17)26-9-5-15(6-10-26)30-20-22-7-2-8-23-20/h2-4,7-8,11-12,15H,5-6,9-10H2,1H3,(H,24,27)(H,28,29). The van der Waals surface area contributed by atoms with Crippen LogP contribution in [0, 0.1) is 6.92 Å². The average molecular weight is 439 g/mol. The van der Waals surface area contributed by atoms with Gasteiger partial charge in [-0.15, -0.1) is 11.3 Å². The largest absolute Gasteiger partial charge is 0.478 e. The number of rotatable bonds is 6. The van der Waals surface area contributed by atoms with Crippen LogP contribution in [0.3, 0.4) is 0 Å². The second kappa shape index (κ2) is 9.09. The lowest BCUT2D eigenvalue weighted by molar-refractivity contribution is 0.0696. The van der Waals surface area contributed by atoms with Crippen LogP contribution in [-0.2, 0) is 0 Å². The van der Waals surface area contributed by atoms with Crippen molar-refractivity contribution in [2.75, 3.05) is 23.3 Å². The van der Waals surface area contributed by atoms with E-state index >= 15 is 0 Å². The van der Waals surface area contributed by atoms with E-state index < -0.39 is 5.97 Å². The fraction of sp³-hybridized carbons (Fsp3) is 0.286. The number of aryl methyl sites for hydroxylation is 1. The summed E-state index contributed by atoms with van der Waals surface area (Å²) in [6.45, 7) is 3.28. The predicted octanol–water partition coefficient (Wildman–Crippen LogP) is 3.24. The molecule has 1 aliphatic rings. The number of aromatic nitrogens is 3. The molecule has 2 N–H and O–H groups in total. The summed E-state index contributed by atoms with van der Waals surface area (Å²) in [7, 11) is 0. The molecule has 31 heavy (non-hydrogen) atoms. The SMILES string of the molecule is Cc1cc(C(=O)O)ccc1NC(=O)c1csc(N2CCC(Oc3ncccn3)CC2)n1. The van der Waals surface area contributed by atoms with Gasteiger partial charge in [0.1, 0.15) is 11.8 Å². The molecule has 2 aromatic heterocycles. The number of carboxylic acid groups (broad SMARTS) is 1. The van der Waals surface area contributed by atoms with Gasteiger partial charge in [0.15, 0.2) is 5.13 Å². The van der Waals surface area contributed by atoms with E-state index in [1.54, 1.807) is 36.8 Å². The maximum Gasteiger partial charge on any atom is 0.335 e. The minimum absolute atomic E-state index is 0.0538. The Bertz CT molecular complexity index is 1080. The minimum Gasteiger partial charge on any atom is -0.478 e. The Morgan fingerprint density at radius 3 is 2.65 bits per heavy atom. The maximum absolute atomic E-state index is 12.6. The summed E-state index contributed by atoms with van der Waals surface area (Å²) in [4.78, 5) is 38.5. The molecule has 0 atom stereocenters. The van der Waals surface area contributed by atoms with E-state index in [9.17, 15) is 9.59 Å². The molecule has 4 rings (SSSR count). The number of carbonyl (C=O) groups is 2. The van der Waals surface area contributed by atoms with Crippen molar-refractivity contribution in [2.45, 2.75) is 25.9 Å². The summed E-state index contributed by atoms with van der Waals surface area (Å²) in [6, 6.07) is 6.71. The first-order valence-electron chi connectivity index (χ1n) is 9.79. The zero-order valence-electron chi connectivity index (χ0n) is 16.8. The maximum atomic E-state index is 12.6. The number of carboxylic acids is 1. The fourth-order valence-corrected chi connectivity index (χ4v) is 4.16. The van der Waals surface area contributed by atoms with Crippen LogP contribution in [0.15, 0.2) is 42.0 Å². The van der Waals surface area contributed by atoms with E-state index in [-0.39, 0.29) is 17.6 Å². The lowest BCUT2D eigenvalue weighted by atomic mass is 10.1. The van der Waals surface area contributed by atoms with Crippen LogP contribution in [0.25, 0.3) is 0 Å². The van der Waals surface area contributed by atoms with Crippen molar-refractivity contribution in [1.82, 2.24) is 15.0 Å². The van der Waals surface area contributed by atoms with E-state index in [1.165, 1.54) is 23.5 Å². The Hall–Kier alpha value is -3.53. The Morgan fingerprint density at radius 2 is 1.97 bits per heavy atom. The minimum atomic E-state index is -1.00. The van der Waals surface area contributed by atoms with Crippen molar-refractivity contribution in [3.63, 3.8) is 0 Å². The van der Waals surface area contributed by atoms with Gasteiger partial charge < -0.3 is 20.1 Å². The van der Waals surface area contributed by atoms with E-state index in [2.05, 4.69) is 25.2 Å². The normalized spacial score (nSPS) is 14.3. The van der Waals surface area contributed by atoms with Crippen LogP contribution in [0.5, 0.6) is 6.01 Å². The molecule has 0 spiro atoms. The number of carbonyl (C=O) groups excluding carboxylic acids is 1. The molecule has 3 heterocycles. The molecule has 0 aliphatic carbocycles. The van der Waals surface area contributed by atoms with Crippen molar-refractivity contribution in [3.8, 4) is 6.01 Å². The van der Waals surface area contributed by atoms with E-state index in [4.69, 9.17) is 9.84 Å². The molecule has 0 unspecified atom stereocenters. The predicted molar refractivity (Wildman–Crippen MR) is 116 cm³/mol. The van der Waals surface area contributed by atoms with Crippen molar-refractivity contribution in [3.05, 3.63) is 58.9 Å². The Kier molecular flexibility index (Phi) is 6.08. The number of ether oxygens (including phenoxy) is 1. The van der Waals surface area contributed by atoms with Gasteiger partial charge in [0.05, 0.1) is 5.56 Å². The van der Waals surface area contributed by atoms with Gasteiger partial charge in [0.2, 0.25) is 0 Å². The van der Waals surface area contributed by atoms with Gasteiger partial charge >= 0.3 is 12.0 Å². The fourth-order valence-electron chi connectivity index (χ4n) is 3.30. The summed E-state index contributed by atoms with van der Waals surface area (Å²) in [5, 5.41) is 14.4. The first kappa shape index (κ1) is 20.7. The highest BCUT2D eigenvalue weighted by atomic mass is 32.1. The van der Waals surface area contributed by atoms with Gasteiger partial charge in [-0.25, -0.2) is 19.7 Å². The molecule has 10 heteroatoms. The molecule has 1 aliphatic heterocycles. The third kappa shape index (κ3) is 4.97. The smallest absolute Gasteiger partial charge is 0.335 e. The first-order valence-corrected chi connectivity index (χ1v) is 10.7. The van der Waals surface area contributed by atoms with Crippen LogP contribution in [0.2, 0.25) is 0 Å². The van der Waals surface area contributed by atoms with Gasteiger partial charge in [0.25, 0.3) is 5.91 Å². The first-order chi connectivity index (χ1) is 15.0.